The van der Waals surface area contributed by atoms with E-state index in [2.05, 4.69) is 32.9 Å². The molecule has 5 nitrogen and oxygen atoms in total. The van der Waals surface area contributed by atoms with Gasteiger partial charge in [-0.3, -0.25) is 4.79 Å². The van der Waals surface area contributed by atoms with Gasteiger partial charge in [0.2, 0.25) is 0 Å². The quantitative estimate of drug-likeness (QED) is 0.751. The lowest BCUT2D eigenvalue weighted by molar-refractivity contribution is 0.0690. The first kappa shape index (κ1) is 15.7. The number of aromatic carboxylic acids is 1. The summed E-state index contributed by atoms with van der Waals surface area (Å²) in [6, 6.07) is 8.09. The van der Waals surface area contributed by atoms with E-state index >= 15 is 0 Å². The lowest BCUT2D eigenvalue weighted by Gasteiger charge is -2.07. The first-order chi connectivity index (χ1) is 9.97. The minimum atomic E-state index is -1.08. The molecule has 0 aliphatic rings. The molecule has 21 heavy (non-hydrogen) atoms. The SMILES string of the molecule is O=C(O)c1ccc(CNC(=O)c2cc(Cl)ccc2I)cn1. The summed E-state index contributed by atoms with van der Waals surface area (Å²) >= 11 is 7.94. The molecular weight excluding hydrogens is 407 g/mol. The maximum Gasteiger partial charge on any atom is 0.354 e. The van der Waals surface area contributed by atoms with Crippen LogP contribution in [0.3, 0.4) is 0 Å². The average molecular weight is 417 g/mol. The van der Waals surface area contributed by atoms with Crippen molar-refractivity contribution in [3.63, 3.8) is 0 Å². The molecular formula is C14H10ClIN2O3. The van der Waals surface area contributed by atoms with Crippen LogP contribution < -0.4 is 5.32 Å². The number of hydrogen-bond acceptors (Lipinski definition) is 3. The van der Waals surface area contributed by atoms with Gasteiger partial charge in [0.05, 0.1) is 5.56 Å². The number of rotatable bonds is 4. The predicted molar refractivity (Wildman–Crippen MR) is 86.5 cm³/mol. The van der Waals surface area contributed by atoms with E-state index in [1.165, 1.54) is 12.3 Å². The third-order valence-corrected chi connectivity index (χ3v) is 3.85. The molecule has 1 aromatic heterocycles. The Kier molecular flexibility index (Phi) is 5.13. The van der Waals surface area contributed by atoms with E-state index in [1.54, 1.807) is 24.3 Å². The number of aromatic nitrogens is 1. The Bertz CT molecular complexity index is 689. The van der Waals surface area contributed by atoms with E-state index in [0.29, 0.717) is 16.1 Å². The standard InChI is InChI=1S/C14H10ClIN2O3/c15-9-2-3-11(16)10(5-9)13(19)18-7-8-1-4-12(14(20)21)17-6-8/h1-6H,7H2,(H,18,19)(H,20,21). The number of amides is 1. The highest BCUT2D eigenvalue weighted by molar-refractivity contribution is 14.1. The molecule has 0 atom stereocenters. The summed E-state index contributed by atoms with van der Waals surface area (Å²) in [4.78, 5) is 26.6. The zero-order valence-corrected chi connectivity index (χ0v) is 13.6. The van der Waals surface area contributed by atoms with Gasteiger partial charge in [-0.25, -0.2) is 9.78 Å². The van der Waals surface area contributed by atoms with Crippen LogP contribution in [0, 0.1) is 3.57 Å². The minimum Gasteiger partial charge on any atom is -0.477 e. The Morgan fingerprint density at radius 3 is 2.67 bits per heavy atom. The monoisotopic (exact) mass is 416 g/mol. The van der Waals surface area contributed by atoms with Crippen LogP contribution in [0.1, 0.15) is 26.4 Å². The molecule has 1 heterocycles. The van der Waals surface area contributed by atoms with Crippen LogP contribution in [0.15, 0.2) is 36.5 Å². The highest BCUT2D eigenvalue weighted by atomic mass is 127. The molecule has 2 rings (SSSR count). The highest BCUT2D eigenvalue weighted by Gasteiger charge is 2.10. The van der Waals surface area contributed by atoms with Gasteiger partial charge in [0.1, 0.15) is 5.69 Å². The molecule has 0 radical (unpaired) electrons. The zero-order chi connectivity index (χ0) is 15.4. The van der Waals surface area contributed by atoms with Crippen molar-refractivity contribution >= 4 is 46.1 Å². The van der Waals surface area contributed by atoms with Gasteiger partial charge in [-0.1, -0.05) is 17.7 Å². The van der Waals surface area contributed by atoms with E-state index in [1.807, 2.05) is 0 Å². The van der Waals surface area contributed by atoms with Crippen LogP contribution in [0.2, 0.25) is 5.02 Å². The molecule has 2 aromatic rings. The molecule has 0 bridgehead atoms. The van der Waals surface area contributed by atoms with Crippen molar-refractivity contribution in [2.75, 3.05) is 0 Å². The van der Waals surface area contributed by atoms with Crippen molar-refractivity contribution in [1.29, 1.82) is 0 Å². The van der Waals surface area contributed by atoms with Crippen LogP contribution >= 0.6 is 34.2 Å². The maximum atomic E-state index is 12.1. The first-order valence-corrected chi connectivity index (χ1v) is 7.34. The number of carboxylic acids is 1. The average Bonchev–Trinajstić information content (AvgIpc) is 2.47. The molecule has 7 heteroatoms. The number of carbonyl (C=O) groups excluding carboxylic acids is 1. The maximum absolute atomic E-state index is 12.1. The molecule has 0 unspecified atom stereocenters. The summed E-state index contributed by atoms with van der Waals surface area (Å²) in [5.74, 6) is -1.33. The van der Waals surface area contributed by atoms with Gasteiger partial charge < -0.3 is 10.4 Å². The normalized spacial score (nSPS) is 10.2. The number of nitrogens with zero attached hydrogens (tertiary/aromatic N) is 1. The summed E-state index contributed by atoms with van der Waals surface area (Å²) < 4.78 is 0.800. The van der Waals surface area contributed by atoms with E-state index < -0.39 is 5.97 Å². The summed E-state index contributed by atoms with van der Waals surface area (Å²) in [5.41, 5.74) is 1.18. The zero-order valence-electron chi connectivity index (χ0n) is 10.6. The fourth-order valence-electron chi connectivity index (χ4n) is 1.60. The van der Waals surface area contributed by atoms with E-state index in [0.717, 1.165) is 3.57 Å². The number of hydrogen-bond donors (Lipinski definition) is 2. The summed E-state index contributed by atoms with van der Waals surface area (Å²) in [5, 5.41) is 12.0. The molecule has 0 aliphatic carbocycles. The molecule has 1 amide bonds. The fourth-order valence-corrected chi connectivity index (χ4v) is 2.36. The number of pyridine rings is 1. The third-order valence-electron chi connectivity index (χ3n) is 2.67. The second kappa shape index (κ2) is 6.86. The number of benzene rings is 1. The smallest absolute Gasteiger partial charge is 0.354 e. The summed E-state index contributed by atoms with van der Waals surface area (Å²) in [6.07, 6.45) is 1.42. The number of carbonyl (C=O) groups is 2. The first-order valence-electron chi connectivity index (χ1n) is 5.89. The van der Waals surface area contributed by atoms with Crippen molar-refractivity contribution < 1.29 is 14.7 Å². The van der Waals surface area contributed by atoms with Crippen LogP contribution in [0.25, 0.3) is 0 Å². The van der Waals surface area contributed by atoms with Crippen molar-refractivity contribution in [2.24, 2.45) is 0 Å². The second-order valence-electron chi connectivity index (χ2n) is 4.16. The molecule has 0 saturated carbocycles. The van der Waals surface area contributed by atoms with Crippen LogP contribution in [0.5, 0.6) is 0 Å². The Hall–Kier alpha value is -1.67. The highest BCUT2D eigenvalue weighted by Crippen LogP contribution is 2.17. The molecule has 2 N–H and O–H groups in total. The largest absolute Gasteiger partial charge is 0.477 e. The lowest BCUT2D eigenvalue weighted by Crippen LogP contribution is -2.23. The number of carboxylic acid groups (broad SMARTS) is 1. The number of halogens is 2. The molecule has 108 valence electrons. The molecule has 1 aromatic carbocycles. The van der Waals surface area contributed by atoms with Crippen LogP contribution in [0.4, 0.5) is 0 Å². The molecule has 0 saturated heterocycles. The van der Waals surface area contributed by atoms with Gasteiger partial charge >= 0.3 is 5.97 Å². The Morgan fingerprint density at radius 1 is 1.29 bits per heavy atom. The van der Waals surface area contributed by atoms with Gasteiger partial charge in [0.15, 0.2) is 0 Å². The van der Waals surface area contributed by atoms with Crippen molar-refractivity contribution in [3.05, 3.63) is 61.9 Å². The summed E-state index contributed by atoms with van der Waals surface area (Å²) in [7, 11) is 0. The van der Waals surface area contributed by atoms with Crippen molar-refractivity contribution in [1.82, 2.24) is 10.3 Å². The fraction of sp³-hybridized carbons (Fsp3) is 0.0714. The van der Waals surface area contributed by atoms with Gasteiger partial charge in [-0.15, -0.1) is 0 Å². The lowest BCUT2D eigenvalue weighted by atomic mass is 10.2. The van der Waals surface area contributed by atoms with Gasteiger partial charge in [0.25, 0.3) is 5.91 Å². The molecule has 0 fully saturated rings. The minimum absolute atomic E-state index is 0.0329. The Morgan fingerprint density at radius 2 is 2.05 bits per heavy atom. The van der Waals surface area contributed by atoms with Gasteiger partial charge in [-0.2, -0.15) is 0 Å². The molecule has 0 aliphatic heterocycles. The summed E-state index contributed by atoms with van der Waals surface area (Å²) in [6.45, 7) is 0.258. The second-order valence-corrected chi connectivity index (χ2v) is 5.76. The van der Waals surface area contributed by atoms with E-state index in [9.17, 15) is 9.59 Å². The van der Waals surface area contributed by atoms with Gasteiger partial charge in [0, 0.05) is 21.3 Å². The Labute approximate surface area is 139 Å². The Balaban J connectivity index is 2.04. The van der Waals surface area contributed by atoms with Crippen molar-refractivity contribution in [2.45, 2.75) is 6.54 Å². The van der Waals surface area contributed by atoms with Crippen LogP contribution in [-0.2, 0) is 6.54 Å². The van der Waals surface area contributed by atoms with Crippen molar-refractivity contribution in [3.8, 4) is 0 Å². The molecule has 0 spiro atoms. The van der Waals surface area contributed by atoms with E-state index in [4.69, 9.17) is 16.7 Å². The predicted octanol–water partition coefficient (Wildman–Crippen LogP) is 2.97. The number of nitrogens with one attached hydrogen (secondary N) is 1. The topological polar surface area (TPSA) is 79.3 Å². The third kappa shape index (κ3) is 4.15. The van der Waals surface area contributed by atoms with E-state index in [-0.39, 0.29) is 18.1 Å². The van der Waals surface area contributed by atoms with Crippen LogP contribution in [-0.4, -0.2) is 22.0 Å². The van der Waals surface area contributed by atoms with Gasteiger partial charge in [-0.05, 0) is 52.4 Å².